The summed E-state index contributed by atoms with van der Waals surface area (Å²) in [5.41, 5.74) is 7.99. The van der Waals surface area contributed by atoms with Crippen LogP contribution in [0.5, 0.6) is 0 Å². The Morgan fingerprint density at radius 3 is 1.94 bits per heavy atom. The van der Waals surface area contributed by atoms with E-state index in [2.05, 4.69) is 6.58 Å². The van der Waals surface area contributed by atoms with Crippen LogP contribution in [0.15, 0.2) is 18.7 Å². The Hall–Kier alpha value is -2.10. The number of rotatable bonds is 5. The van der Waals surface area contributed by atoms with Gasteiger partial charge in [-0.2, -0.15) is 0 Å². The molecule has 0 aliphatic rings. The molecule has 0 unspecified atom stereocenters. The molecule has 96 valence electrons. The number of aromatic carboxylic acids is 1. The third-order valence-corrected chi connectivity index (χ3v) is 2.91. The second kappa shape index (κ2) is 5.49. The molecule has 3 N–H and O–H groups in total. The third kappa shape index (κ3) is 2.59. The van der Waals surface area contributed by atoms with Gasteiger partial charge in [-0.1, -0.05) is 20.4 Å². The second-order valence-electron chi connectivity index (χ2n) is 4.02. The molecular formula is C14H17NO3. The van der Waals surface area contributed by atoms with E-state index in [0.29, 0.717) is 18.4 Å². The highest BCUT2D eigenvalue weighted by atomic mass is 16.4. The summed E-state index contributed by atoms with van der Waals surface area (Å²) in [5, 5.41) is 9.05. The molecule has 0 fully saturated rings. The molecule has 1 amide bonds. The number of benzene rings is 1. The van der Waals surface area contributed by atoms with E-state index in [4.69, 9.17) is 10.8 Å². The van der Waals surface area contributed by atoms with Gasteiger partial charge in [-0.15, -0.1) is 0 Å². The number of carbonyl (C=O) groups is 2. The first-order valence-corrected chi connectivity index (χ1v) is 5.80. The minimum absolute atomic E-state index is 0.227. The number of aryl methyl sites for hydroxylation is 2. The summed E-state index contributed by atoms with van der Waals surface area (Å²) >= 11 is 0. The fourth-order valence-electron chi connectivity index (χ4n) is 1.96. The van der Waals surface area contributed by atoms with Gasteiger partial charge in [0.15, 0.2) is 0 Å². The van der Waals surface area contributed by atoms with Crippen LogP contribution in [-0.2, 0) is 17.6 Å². The predicted molar refractivity (Wildman–Crippen MR) is 70.4 cm³/mol. The molecule has 0 spiro atoms. The summed E-state index contributed by atoms with van der Waals surface area (Å²) in [6.07, 6.45) is 1.24. The van der Waals surface area contributed by atoms with E-state index >= 15 is 0 Å². The lowest BCUT2D eigenvalue weighted by molar-refractivity contribution is -0.112. The molecule has 1 aromatic rings. The zero-order valence-electron chi connectivity index (χ0n) is 10.6. The molecule has 18 heavy (non-hydrogen) atoms. The van der Waals surface area contributed by atoms with Gasteiger partial charge in [0.25, 0.3) is 0 Å². The normalized spacial score (nSPS) is 10.1. The lowest BCUT2D eigenvalue weighted by Gasteiger charge is -2.15. The Balaban J connectivity index is 3.53. The lowest BCUT2D eigenvalue weighted by Crippen LogP contribution is -2.15. The molecule has 1 rings (SSSR count). The van der Waals surface area contributed by atoms with Crippen molar-refractivity contribution in [3.8, 4) is 0 Å². The Kier molecular flexibility index (Phi) is 4.26. The monoisotopic (exact) mass is 247 g/mol. The maximum absolute atomic E-state index is 11.3. The molecule has 0 bridgehead atoms. The van der Waals surface area contributed by atoms with Crippen molar-refractivity contribution in [3.05, 3.63) is 41.0 Å². The third-order valence-electron chi connectivity index (χ3n) is 2.91. The molecule has 0 saturated carbocycles. The van der Waals surface area contributed by atoms with E-state index in [1.165, 1.54) is 0 Å². The van der Waals surface area contributed by atoms with Crippen molar-refractivity contribution in [2.45, 2.75) is 26.7 Å². The average Bonchev–Trinajstić information content (AvgIpc) is 2.35. The van der Waals surface area contributed by atoms with Gasteiger partial charge in [-0.25, -0.2) is 4.79 Å². The highest BCUT2D eigenvalue weighted by molar-refractivity contribution is 6.18. The fourth-order valence-corrected chi connectivity index (χ4v) is 1.96. The second-order valence-corrected chi connectivity index (χ2v) is 4.02. The van der Waals surface area contributed by atoms with E-state index in [1.54, 1.807) is 12.1 Å². The highest BCUT2D eigenvalue weighted by Crippen LogP contribution is 2.25. The summed E-state index contributed by atoms with van der Waals surface area (Å²) in [4.78, 5) is 22.3. The van der Waals surface area contributed by atoms with Gasteiger partial charge >= 0.3 is 5.97 Å². The van der Waals surface area contributed by atoms with E-state index in [9.17, 15) is 9.59 Å². The summed E-state index contributed by atoms with van der Waals surface area (Å²) < 4.78 is 0. The molecule has 0 heterocycles. The number of carboxylic acid groups (broad SMARTS) is 1. The first kappa shape index (κ1) is 14.0. The molecule has 0 aromatic heterocycles. The van der Waals surface area contributed by atoms with Crippen molar-refractivity contribution in [3.63, 3.8) is 0 Å². The summed E-state index contributed by atoms with van der Waals surface area (Å²) in [7, 11) is 0. The van der Waals surface area contributed by atoms with Crippen LogP contribution in [0.2, 0.25) is 0 Å². The molecule has 4 heteroatoms. The molecule has 0 radical (unpaired) electrons. The quantitative estimate of drug-likeness (QED) is 0.781. The van der Waals surface area contributed by atoms with E-state index in [0.717, 1.165) is 11.1 Å². The van der Waals surface area contributed by atoms with Gasteiger partial charge in [0.2, 0.25) is 5.91 Å². The van der Waals surface area contributed by atoms with Gasteiger partial charge in [0.1, 0.15) is 0 Å². The van der Waals surface area contributed by atoms with Crippen molar-refractivity contribution in [2.75, 3.05) is 0 Å². The van der Waals surface area contributed by atoms with Crippen molar-refractivity contribution in [2.24, 2.45) is 5.73 Å². The standard InChI is InChI=1S/C14H17NO3/c1-4-9-6-11(14(17)18)7-10(5-2)12(9)8(3)13(15)16/h6-7H,3-5H2,1-2H3,(H2,15,16)(H,17,18). The Morgan fingerprint density at radius 1 is 1.22 bits per heavy atom. The molecule has 0 atom stereocenters. The zero-order valence-corrected chi connectivity index (χ0v) is 10.6. The van der Waals surface area contributed by atoms with E-state index < -0.39 is 11.9 Å². The number of nitrogens with two attached hydrogens (primary N) is 1. The smallest absolute Gasteiger partial charge is 0.335 e. The number of carboxylic acids is 1. The van der Waals surface area contributed by atoms with Crippen molar-refractivity contribution < 1.29 is 14.7 Å². The molecule has 1 aromatic carbocycles. The minimum atomic E-state index is -0.976. The first-order valence-electron chi connectivity index (χ1n) is 5.80. The van der Waals surface area contributed by atoms with Crippen LogP contribution in [0.25, 0.3) is 5.57 Å². The number of carbonyl (C=O) groups excluding carboxylic acids is 1. The predicted octanol–water partition coefficient (Wildman–Crippen LogP) is 2.01. The van der Waals surface area contributed by atoms with Crippen LogP contribution in [0.1, 0.15) is 40.9 Å². The zero-order chi connectivity index (χ0) is 13.9. The maximum atomic E-state index is 11.3. The average molecular weight is 247 g/mol. The van der Waals surface area contributed by atoms with Gasteiger partial charge in [0, 0.05) is 5.57 Å². The SMILES string of the molecule is C=C(C(N)=O)c1c(CC)cc(C(=O)O)cc1CC. The van der Waals surface area contributed by atoms with Crippen LogP contribution in [-0.4, -0.2) is 17.0 Å². The number of hydrogen-bond donors (Lipinski definition) is 2. The fraction of sp³-hybridized carbons (Fsp3) is 0.286. The Bertz CT molecular complexity index is 493. The van der Waals surface area contributed by atoms with Gasteiger partial charge in [-0.05, 0) is 41.7 Å². The van der Waals surface area contributed by atoms with Gasteiger partial charge in [-0.3, -0.25) is 4.79 Å². The Morgan fingerprint density at radius 2 is 1.67 bits per heavy atom. The van der Waals surface area contributed by atoms with Crippen LogP contribution >= 0.6 is 0 Å². The van der Waals surface area contributed by atoms with Crippen molar-refractivity contribution in [1.82, 2.24) is 0 Å². The topological polar surface area (TPSA) is 80.4 Å². The molecule has 4 nitrogen and oxygen atoms in total. The van der Waals surface area contributed by atoms with Crippen LogP contribution in [0.4, 0.5) is 0 Å². The summed E-state index contributed by atoms with van der Waals surface area (Å²) in [6.45, 7) is 7.50. The van der Waals surface area contributed by atoms with Gasteiger partial charge in [0.05, 0.1) is 5.56 Å². The van der Waals surface area contributed by atoms with Crippen molar-refractivity contribution >= 4 is 17.4 Å². The van der Waals surface area contributed by atoms with E-state index in [1.807, 2.05) is 13.8 Å². The number of amides is 1. The van der Waals surface area contributed by atoms with Crippen LogP contribution in [0, 0.1) is 0 Å². The lowest BCUT2D eigenvalue weighted by atomic mass is 9.90. The number of hydrogen-bond acceptors (Lipinski definition) is 2. The maximum Gasteiger partial charge on any atom is 0.335 e. The molecular weight excluding hydrogens is 230 g/mol. The van der Waals surface area contributed by atoms with E-state index in [-0.39, 0.29) is 11.1 Å². The molecule has 0 saturated heterocycles. The van der Waals surface area contributed by atoms with Gasteiger partial charge < -0.3 is 10.8 Å². The molecule has 0 aliphatic carbocycles. The minimum Gasteiger partial charge on any atom is -0.478 e. The van der Waals surface area contributed by atoms with Crippen molar-refractivity contribution in [1.29, 1.82) is 0 Å². The summed E-state index contributed by atoms with van der Waals surface area (Å²) in [6, 6.07) is 3.15. The largest absolute Gasteiger partial charge is 0.478 e. The molecule has 0 aliphatic heterocycles. The highest BCUT2D eigenvalue weighted by Gasteiger charge is 2.17. The number of primary amides is 1. The first-order chi connectivity index (χ1) is 8.42. The Labute approximate surface area is 106 Å². The van der Waals surface area contributed by atoms with Crippen LogP contribution < -0.4 is 5.73 Å². The van der Waals surface area contributed by atoms with Crippen LogP contribution in [0.3, 0.4) is 0 Å². The summed E-state index contributed by atoms with van der Waals surface area (Å²) in [5.74, 6) is -1.56.